The van der Waals surface area contributed by atoms with Gasteiger partial charge in [0.2, 0.25) is 0 Å². The van der Waals surface area contributed by atoms with Crippen LogP contribution in [-0.2, 0) is 0 Å². The van der Waals surface area contributed by atoms with Crippen molar-refractivity contribution in [1.29, 1.82) is 0 Å². The zero-order chi connectivity index (χ0) is 23.8. The molecule has 6 rings (SSSR count). The summed E-state index contributed by atoms with van der Waals surface area (Å²) in [7, 11) is 0. The number of rotatable bonds is 5. The van der Waals surface area contributed by atoms with Crippen molar-refractivity contribution in [3.05, 3.63) is 119 Å². The Hall–Kier alpha value is -3.85. The lowest BCUT2D eigenvalue weighted by molar-refractivity contribution is 0.642. The summed E-state index contributed by atoms with van der Waals surface area (Å²) in [5.41, 5.74) is 9.88. The average Bonchev–Trinajstić information content (AvgIpc) is 3.48. The molecule has 1 aliphatic heterocycles. The Balaban J connectivity index is 1.35. The zero-order valence-electron chi connectivity index (χ0n) is 20.4. The second-order valence-corrected chi connectivity index (χ2v) is 9.86. The first-order valence-corrected chi connectivity index (χ1v) is 12.6. The predicted octanol–water partition coefficient (Wildman–Crippen LogP) is 8.26. The molecule has 2 atom stereocenters. The molecule has 1 aliphatic carbocycles. The molecular weight excluding hydrogens is 426 g/mol. The quantitative estimate of drug-likeness (QED) is 0.222. The topological polar surface area (TPSA) is 18.8 Å². The fourth-order valence-electron chi connectivity index (χ4n) is 5.66. The minimum Gasteiger partial charge on any atom is -0.338 e. The largest absolute Gasteiger partial charge is 0.338 e. The van der Waals surface area contributed by atoms with Crippen molar-refractivity contribution in [3.63, 3.8) is 0 Å². The van der Waals surface area contributed by atoms with Crippen LogP contribution in [0, 0.1) is 13.8 Å². The molecule has 1 saturated carbocycles. The van der Waals surface area contributed by atoms with Crippen molar-refractivity contribution in [2.24, 2.45) is 5.10 Å². The first kappa shape index (κ1) is 21.7. The highest BCUT2D eigenvalue weighted by atomic mass is 15.5. The summed E-state index contributed by atoms with van der Waals surface area (Å²) in [6, 6.07) is 35.4. The fraction of sp³-hybridized carbons (Fsp3) is 0.219. The summed E-state index contributed by atoms with van der Waals surface area (Å²) < 4.78 is 0. The molecule has 1 heterocycles. The molecule has 0 N–H and O–H groups in total. The van der Waals surface area contributed by atoms with Crippen LogP contribution in [0.15, 0.2) is 102 Å². The molecule has 3 heteroatoms. The van der Waals surface area contributed by atoms with Gasteiger partial charge in [0.1, 0.15) is 0 Å². The van der Waals surface area contributed by atoms with E-state index in [2.05, 4.69) is 116 Å². The highest BCUT2D eigenvalue weighted by molar-refractivity contribution is 5.85. The van der Waals surface area contributed by atoms with Gasteiger partial charge in [0.15, 0.2) is 0 Å². The van der Waals surface area contributed by atoms with Crippen LogP contribution in [0.25, 0.3) is 0 Å². The number of anilines is 4. The fourth-order valence-corrected chi connectivity index (χ4v) is 5.66. The Kier molecular flexibility index (Phi) is 5.61. The molecule has 2 unspecified atom stereocenters. The zero-order valence-corrected chi connectivity index (χ0v) is 20.4. The van der Waals surface area contributed by atoms with Gasteiger partial charge in [-0.1, -0.05) is 66.1 Å². The Bertz CT molecular complexity index is 1290. The lowest BCUT2D eigenvalue weighted by Crippen LogP contribution is -2.26. The number of aryl methyl sites for hydroxylation is 2. The first-order chi connectivity index (χ1) is 17.2. The summed E-state index contributed by atoms with van der Waals surface area (Å²) in [4.78, 5) is 2.57. The van der Waals surface area contributed by atoms with Crippen molar-refractivity contribution in [2.75, 3.05) is 9.91 Å². The van der Waals surface area contributed by atoms with E-state index in [1.54, 1.807) is 0 Å². The standard InChI is InChI=1S/C32H31N3/c1-23-11-16-27(17-12-23)35(28-18-13-24(2)14-19-28)33-22-25-15-20-32-30(21-25)29-9-6-10-31(29)34(32)26-7-4-3-5-8-26/h3-5,7-8,11-22,29,31H,6,9-10H2,1-2H3/b33-22+. The maximum Gasteiger partial charge on any atom is 0.0652 e. The van der Waals surface area contributed by atoms with E-state index in [0.29, 0.717) is 12.0 Å². The Morgan fingerprint density at radius 1 is 0.771 bits per heavy atom. The van der Waals surface area contributed by atoms with Gasteiger partial charge in [-0.3, -0.25) is 0 Å². The molecule has 1 fully saturated rings. The highest BCUT2D eigenvalue weighted by Gasteiger charge is 2.41. The second kappa shape index (κ2) is 9.07. The SMILES string of the molecule is Cc1ccc(N(/N=C/c2ccc3c(c2)C2CCCC2N3c2ccccc2)c2ccc(C)cc2)cc1. The van der Waals surface area contributed by atoms with Gasteiger partial charge in [-0.15, -0.1) is 0 Å². The number of hydrogen-bond donors (Lipinski definition) is 0. The molecule has 0 radical (unpaired) electrons. The third-order valence-corrected chi connectivity index (χ3v) is 7.44. The molecule has 3 nitrogen and oxygen atoms in total. The Labute approximate surface area is 208 Å². The maximum atomic E-state index is 4.98. The monoisotopic (exact) mass is 457 g/mol. The number of nitrogens with zero attached hydrogens (tertiary/aromatic N) is 3. The van der Waals surface area contributed by atoms with Crippen LogP contribution in [0.2, 0.25) is 0 Å². The molecule has 4 aromatic rings. The number of para-hydroxylation sites is 1. The van der Waals surface area contributed by atoms with Gasteiger partial charge in [-0.2, -0.15) is 5.10 Å². The van der Waals surface area contributed by atoms with Crippen molar-refractivity contribution in [3.8, 4) is 0 Å². The molecule has 0 aromatic heterocycles. The number of benzene rings is 4. The minimum absolute atomic E-state index is 0.566. The van der Waals surface area contributed by atoms with E-state index >= 15 is 0 Å². The lowest BCUT2D eigenvalue weighted by Gasteiger charge is -2.27. The van der Waals surface area contributed by atoms with Crippen LogP contribution in [-0.4, -0.2) is 12.3 Å². The molecule has 174 valence electrons. The van der Waals surface area contributed by atoms with Gasteiger partial charge in [0.25, 0.3) is 0 Å². The smallest absolute Gasteiger partial charge is 0.0652 e. The number of hydrazone groups is 1. The molecule has 0 bridgehead atoms. The summed E-state index contributed by atoms with van der Waals surface area (Å²) in [6.07, 6.45) is 5.83. The van der Waals surface area contributed by atoms with Gasteiger partial charge in [-0.25, -0.2) is 5.01 Å². The molecule has 0 amide bonds. The van der Waals surface area contributed by atoms with E-state index in [-0.39, 0.29) is 0 Å². The summed E-state index contributed by atoms with van der Waals surface area (Å²) in [5.74, 6) is 0.601. The van der Waals surface area contributed by atoms with Crippen molar-refractivity contribution in [1.82, 2.24) is 0 Å². The van der Waals surface area contributed by atoms with Crippen molar-refractivity contribution >= 4 is 29.0 Å². The van der Waals surface area contributed by atoms with Crippen LogP contribution in [0.5, 0.6) is 0 Å². The predicted molar refractivity (Wildman–Crippen MR) is 147 cm³/mol. The van der Waals surface area contributed by atoms with E-state index < -0.39 is 0 Å². The highest BCUT2D eigenvalue weighted by Crippen LogP contribution is 2.52. The summed E-state index contributed by atoms with van der Waals surface area (Å²) in [6.45, 7) is 4.23. The van der Waals surface area contributed by atoms with Gasteiger partial charge < -0.3 is 4.90 Å². The number of hydrogen-bond acceptors (Lipinski definition) is 3. The normalized spacial score (nSPS) is 18.6. The molecular formula is C32H31N3. The van der Waals surface area contributed by atoms with Crippen LogP contribution >= 0.6 is 0 Å². The Morgan fingerprint density at radius 2 is 1.43 bits per heavy atom. The summed E-state index contributed by atoms with van der Waals surface area (Å²) in [5, 5.41) is 7.01. The molecule has 2 aliphatic rings. The Morgan fingerprint density at radius 3 is 2.09 bits per heavy atom. The third-order valence-electron chi connectivity index (χ3n) is 7.44. The van der Waals surface area contributed by atoms with Crippen LogP contribution in [0.4, 0.5) is 22.7 Å². The summed E-state index contributed by atoms with van der Waals surface area (Å²) >= 11 is 0. The lowest BCUT2D eigenvalue weighted by atomic mass is 9.96. The van der Waals surface area contributed by atoms with Gasteiger partial charge >= 0.3 is 0 Å². The minimum atomic E-state index is 0.566. The maximum absolute atomic E-state index is 4.98. The van der Waals surface area contributed by atoms with Crippen LogP contribution in [0.1, 0.15) is 47.4 Å². The number of fused-ring (bicyclic) bond motifs is 3. The van der Waals surface area contributed by atoms with E-state index in [1.165, 1.54) is 47.3 Å². The average molecular weight is 458 g/mol. The molecule has 0 spiro atoms. The van der Waals surface area contributed by atoms with Gasteiger partial charge in [0.05, 0.1) is 17.6 Å². The van der Waals surface area contributed by atoms with E-state index in [1.807, 2.05) is 11.2 Å². The van der Waals surface area contributed by atoms with Gasteiger partial charge in [-0.05, 0) is 86.3 Å². The van der Waals surface area contributed by atoms with E-state index in [0.717, 1.165) is 16.9 Å². The first-order valence-electron chi connectivity index (χ1n) is 12.6. The van der Waals surface area contributed by atoms with Crippen LogP contribution in [0.3, 0.4) is 0 Å². The van der Waals surface area contributed by atoms with Crippen LogP contribution < -0.4 is 9.91 Å². The van der Waals surface area contributed by atoms with Crippen molar-refractivity contribution in [2.45, 2.75) is 45.1 Å². The molecule has 35 heavy (non-hydrogen) atoms. The molecule has 4 aromatic carbocycles. The van der Waals surface area contributed by atoms with Crippen molar-refractivity contribution < 1.29 is 0 Å². The van der Waals surface area contributed by atoms with Gasteiger partial charge in [0, 0.05) is 23.3 Å². The molecule has 0 saturated heterocycles. The second-order valence-electron chi connectivity index (χ2n) is 9.86. The van der Waals surface area contributed by atoms with E-state index in [4.69, 9.17) is 5.10 Å². The van der Waals surface area contributed by atoms with E-state index in [9.17, 15) is 0 Å². The third kappa shape index (κ3) is 4.12.